The molecule has 1 amide bonds. The first-order chi connectivity index (χ1) is 6.11. The van der Waals surface area contributed by atoms with Crippen LogP contribution in [0.4, 0.5) is 0 Å². The Hall–Kier alpha value is -1.64. The van der Waals surface area contributed by atoms with Crippen LogP contribution in [0.5, 0.6) is 0 Å². The van der Waals surface area contributed by atoms with Crippen molar-refractivity contribution in [3.8, 4) is 0 Å². The fraction of sp³-hybridized carbons (Fsp3) is 0.200. The lowest BCUT2D eigenvalue weighted by atomic mass is 10.2. The van der Waals surface area contributed by atoms with E-state index in [1.54, 1.807) is 38.2 Å². The molecule has 1 aliphatic rings. The highest BCUT2D eigenvalue weighted by molar-refractivity contribution is 6.42. The first-order valence-corrected chi connectivity index (χ1v) is 3.99. The third-order valence-corrected chi connectivity index (χ3v) is 1.68. The summed E-state index contributed by atoms with van der Waals surface area (Å²) in [5.41, 5.74) is 1.11. The van der Waals surface area contributed by atoms with Gasteiger partial charge in [0.05, 0.1) is 0 Å². The number of rotatable bonds is 0. The number of ketones is 1. The zero-order valence-electron chi connectivity index (χ0n) is 7.63. The molecule has 3 nitrogen and oxygen atoms in total. The van der Waals surface area contributed by atoms with Crippen LogP contribution in [0.3, 0.4) is 0 Å². The lowest BCUT2D eigenvalue weighted by molar-refractivity contribution is -0.135. The molecule has 1 heterocycles. The molecule has 1 aliphatic heterocycles. The summed E-state index contributed by atoms with van der Waals surface area (Å²) in [6, 6.07) is 0. The van der Waals surface area contributed by atoms with E-state index in [2.05, 4.69) is 5.32 Å². The zero-order chi connectivity index (χ0) is 9.84. The molecule has 13 heavy (non-hydrogen) atoms. The molecule has 68 valence electrons. The Morgan fingerprint density at radius 2 is 1.69 bits per heavy atom. The second-order valence-corrected chi connectivity index (χ2v) is 2.87. The minimum absolute atomic E-state index is 0.442. The van der Waals surface area contributed by atoms with Gasteiger partial charge in [0.25, 0.3) is 5.91 Å². The molecule has 0 aromatic rings. The maximum atomic E-state index is 11.3. The van der Waals surface area contributed by atoms with Gasteiger partial charge in [0.1, 0.15) is 0 Å². The number of carbonyl (C=O) groups excluding carboxylic acids is 2. The van der Waals surface area contributed by atoms with Crippen LogP contribution in [0.1, 0.15) is 13.8 Å². The van der Waals surface area contributed by atoms with E-state index in [4.69, 9.17) is 0 Å². The van der Waals surface area contributed by atoms with Gasteiger partial charge in [-0.1, -0.05) is 18.2 Å². The average molecular weight is 177 g/mol. The lowest BCUT2D eigenvalue weighted by Gasteiger charge is -2.02. The van der Waals surface area contributed by atoms with Gasteiger partial charge in [-0.15, -0.1) is 0 Å². The summed E-state index contributed by atoms with van der Waals surface area (Å²) in [6.07, 6.45) is 6.87. The van der Waals surface area contributed by atoms with Gasteiger partial charge >= 0.3 is 0 Å². The van der Waals surface area contributed by atoms with E-state index in [-0.39, 0.29) is 0 Å². The van der Waals surface area contributed by atoms with Crippen LogP contribution < -0.4 is 5.32 Å². The molecule has 0 bridgehead atoms. The first kappa shape index (κ1) is 9.45. The predicted octanol–water partition coefficient (Wildman–Crippen LogP) is 1.09. The first-order valence-electron chi connectivity index (χ1n) is 3.99. The molecule has 0 fully saturated rings. The molecule has 0 unspecified atom stereocenters. The molecular formula is C10H11NO2. The number of Topliss-reactive ketones (excluding diaryl/α,β-unsaturated/α-hetero) is 1. The smallest absolute Gasteiger partial charge is 0.296 e. The Morgan fingerprint density at radius 1 is 1.08 bits per heavy atom. The fourth-order valence-corrected chi connectivity index (χ4v) is 0.932. The number of allylic oxidation sites excluding steroid dienone is 5. The van der Waals surface area contributed by atoms with E-state index in [0.29, 0.717) is 11.3 Å². The van der Waals surface area contributed by atoms with Crippen molar-refractivity contribution in [2.24, 2.45) is 0 Å². The van der Waals surface area contributed by atoms with Crippen LogP contribution in [0.25, 0.3) is 0 Å². The number of nitrogens with one attached hydrogen (secondary N) is 1. The van der Waals surface area contributed by atoms with Crippen molar-refractivity contribution < 1.29 is 9.59 Å². The highest BCUT2D eigenvalue weighted by Gasteiger charge is 2.15. The fourth-order valence-electron chi connectivity index (χ4n) is 0.932. The monoisotopic (exact) mass is 177 g/mol. The van der Waals surface area contributed by atoms with E-state index in [0.717, 1.165) is 0 Å². The summed E-state index contributed by atoms with van der Waals surface area (Å²) in [7, 11) is 0. The standard InChI is InChI=1S/C10H11NO2/c1-7-5-3-4-6-8(2)11-10(13)9(7)12/h3-6H,1-2H3,(H,11,13)/b4-3-,7-5+,8-6+. The van der Waals surface area contributed by atoms with Crippen LogP contribution in [0, 0.1) is 0 Å². The summed E-state index contributed by atoms with van der Waals surface area (Å²) in [5, 5.41) is 2.48. The SMILES string of the molecule is C\C1=C/C=C\C=C(/C)C(=O)C(=O)N1. The van der Waals surface area contributed by atoms with Crippen molar-refractivity contribution >= 4 is 11.7 Å². The Labute approximate surface area is 76.8 Å². The number of amides is 1. The van der Waals surface area contributed by atoms with Gasteiger partial charge in [0, 0.05) is 11.3 Å². The van der Waals surface area contributed by atoms with Crippen molar-refractivity contribution in [3.63, 3.8) is 0 Å². The third-order valence-electron chi connectivity index (χ3n) is 1.68. The Morgan fingerprint density at radius 3 is 2.38 bits per heavy atom. The number of hydrogen-bond donors (Lipinski definition) is 1. The highest BCUT2D eigenvalue weighted by Crippen LogP contribution is 2.00. The van der Waals surface area contributed by atoms with Crippen molar-refractivity contribution in [2.45, 2.75) is 13.8 Å². The summed E-state index contributed by atoms with van der Waals surface area (Å²) in [4.78, 5) is 22.4. The van der Waals surface area contributed by atoms with Crippen molar-refractivity contribution in [3.05, 3.63) is 35.6 Å². The van der Waals surface area contributed by atoms with Crippen LogP contribution in [-0.4, -0.2) is 11.7 Å². The van der Waals surface area contributed by atoms with Gasteiger partial charge in [-0.25, -0.2) is 0 Å². The Bertz CT molecular complexity index is 335. The van der Waals surface area contributed by atoms with Crippen LogP contribution in [0.15, 0.2) is 35.6 Å². The van der Waals surface area contributed by atoms with E-state index >= 15 is 0 Å². The molecule has 0 aromatic heterocycles. The maximum Gasteiger partial charge on any atom is 0.296 e. The second kappa shape index (κ2) is 3.85. The van der Waals surface area contributed by atoms with Crippen molar-refractivity contribution in [1.29, 1.82) is 0 Å². The molecule has 0 atom stereocenters. The molecule has 0 radical (unpaired) electrons. The molecule has 0 aromatic carbocycles. The summed E-state index contributed by atoms with van der Waals surface area (Å²) < 4.78 is 0. The van der Waals surface area contributed by atoms with Crippen LogP contribution in [-0.2, 0) is 9.59 Å². The van der Waals surface area contributed by atoms with E-state index in [1.807, 2.05) is 0 Å². The molecule has 0 saturated carbocycles. The van der Waals surface area contributed by atoms with Crippen LogP contribution >= 0.6 is 0 Å². The van der Waals surface area contributed by atoms with Crippen LogP contribution in [0.2, 0.25) is 0 Å². The number of carbonyl (C=O) groups is 2. The van der Waals surface area contributed by atoms with E-state index in [1.165, 1.54) is 0 Å². The Kier molecular flexibility index (Phi) is 2.80. The third kappa shape index (κ3) is 2.40. The summed E-state index contributed by atoms with van der Waals surface area (Å²) in [6.45, 7) is 3.35. The minimum atomic E-state index is -0.578. The summed E-state index contributed by atoms with van der Waals surface area (Å²) >= 11 is 0. The van der Waals surface area contributed by atoms with Gasteiger partial charge in [0.15, 0.2) is 0 Å². The molecule has 0 aliphatic carbocycles. The van der Waals surface area contributed by atoms with E-state index < -0.39 is 11.7 Å². The molecule has 1 N–H and O–H groups in total. The maximum absolute atomic E-state index is 11.3. The molecule has 0 spiro atoms. The minimum Gasteiger partial charge on any atom is -0.323 e. The molecule has 3 heteroatoms. The molecule has 1 rings (SSSR count). The summed E-state index contributed by atoms with van der Waals surface area (Å²) in [5.74, 6) is -1.06. The zero-order valence-corrected chi connectivity index (χ0v) is 7.63. The average Bonchev–Trinajstić information content (AvgIpc) is 2.13. The van der Waals surface area contributed by atoms with Gasteiger partial charge < -0.3 is 5.32 Å². The van der Waals surface area contributed by atoms with Crippen molar-refractivity contribution in [1.82, 2.24) is 5.32 Å². The quantitative estimate of drug-likeness (QED) is 0.563. The Balaban J connectivity index is 3.02. The number of hydrogen-bond acceptors (Lipinski definition) is 2. The van der Waals surface area contributed by atoms with Gasteiger partial charge in [-0.3, -0.25) is 9.59 Å². The van der Waals surface area contributed by atoms with Gasteiger partial charge in [-0.05, 0) is 19.9 Å². The second-order valence-electron chi connectivity index (χ2n) is 2.87. The van der Waals surface area contributed by atoms with Gasteiger partial charge in [0.2, 0.25) is 5.78 Å². The largest absolute Gasteiger partial charge is 0.323 e. The lowest BCUT2D eigenvalue weighted by Crippen LogP contribution is -2.29. The molecular weight excluding hydrogens is 166 g/mol. The van der Waals surface area contributed by atoms with Crippen molar-refractivity contribution in [2.75, 3.05) is 0 Å². The topological polar surface area (TPSA) is 46.2 Å². The molecule has 0 saturated heterocycles. The highest BCUT2D eigenvalue weighted by atomic mass is 16.2. The van der Waals surface area contributed by atoms with Gasteiger partial charge in [-0.2, -0.15) is 0 Å². The normalized spacial score (nSPS) is 28.5. The predicted molar refractivity (Wildman–Crippen MR) is 49.8 cm³/mol. The van der Waals surface area contributed by atoms with E-state index in [9.17, 15) is 9.59 Å².